The van der Waals surface area contributed by atoms with E-state index in [1.807, 2.05) is 47.4 Å². The molecule has 9 nitrogen and oxygen atoms in total. The van der Waals surface area contributed by atoms with Crippen LogP contribution >= 0.6 is 0 Å². The number of sulfonamides is 1. The maximum atomic E-state index is 14.2. The molecule has 11 heteroatoms. The van der Waals surface area contributed by atoms with E-state index in [0.717, 1.165) is 49.1 Å². The van der Waals surface area contributed by atoms with Crippen LogP contribution in [0.25, 0.3) is 5.69 Å². The second-order valence-corrected chi connectivity index (χ2v) is 15.5. The summed E-state index contributed by atoms with van der Waals surface area (Å²) in [7, 11) is -3.52. The normalized spacial score (nSPS) is 16.9. The second kappa shape index (κ2) is 15.2. The summed E-state index contributed by atoms with van der Waals surface area (Å²) in [5.41, 5.74) is 3.86. The molecule has 4 aromatic carbocycles. The van der Waals surface area contributed by atoms with Gasteiger partial charge in [-0.25, -0.2) is 12.8 Å². The lowest BCUT2D eigenvalue weighted by Crippen LogP contribution is -2.53. The highest BCUT2D eigenvalue weighted by Gasteiger charge is 2.37. The summed E-state index contributed by atoms with van der Waals surface area (Å²) in [6.07, 6.45) is 2.92. The van der Waals surface area contributed by atoms with Gasteiger partial charge in [-0.15, -0.1) is 0 Å². The van der Waals surface area contributed by atoms with Crippen molar-refractivity contribution in [1.82, 2.24) is 14.1 Å². The third kappa shape index (κ3) is 8.22. The number of nitrogens with zero attached hydrogens (tertiary/aromatic N) is 5. The lowest BCUT2D eigenvalue weighted by Gasteiger charge is -2.44. The van der Waals surface area contributed by atoms with E-state index in [4.69, 9.17) is 4.74 Å². The van der Waals surface area contributed by atoms with Gasteiger partial charge in [0.05, 0.1) is 30.7 Å². The number of hydrogen-bond acceptors (Lipinski definition) is 6. The highest BCUT2D eigenvalue weighted by molar-refractivity contribution is 7.88. The molecule has 2 fully saturated rings. The third-order valence-corrected chi connectivity index (χ3v) is 11.9. The molecular formula is C40H43FN5O4S+. The summed E-state index contributed by atoms with van der Waals surface area (Å²) in [6, 6.07) is 35.9. The lowest BCUT2D eigenvalue weighted by molar-refractivity contribution is -0.958. The number of piperazine rings is 1. The minimum absolute atomic E-state index is 0.0618. The van der Waals surface area contributed by atoms with Crippen molar-refractivity contribution in [1.29, 1.82) is 0 Å². The quantitative estimate of drug-likeness (QED) is 0.162. The van der Waals surface area contributed by atoms with E-state index in [0.29, 0.717) is 24.5 Å². The Morgan fingerprint density at radius 2 is 1.25 bits per heavy atom. The molecule has 0 amide bonds. The molecule has 3 heterocycles. The fourth-order valence-electron chi connectivity index (χ4n) is 7.30. The van der Waals surface area contributed by atoms with Crippen molar-refractivity contribution < 1.29 is 22.0 Å². The Morgan fingerprint density at radius 1 is 0.725 bits per heavy atom. The third-order valence-electron chi connectivity index (χ3n) is 10.0. The van der Waals surface area contributed by atoms with Crippen molar-refractivity contribution in [2.24, 2.45) is 0 Å². The van der Waals surface area contributed by atoms with Crippen molar-refractivity contribution in [2.75, 3.05) is 44.2 Å². The molecule has 0 bridgehead atoms. The van der Waals surface area contributed by atoms with Crippen LogP contribution in [-0.2, 0) is 28.9 Å². The Bertz CT molecular complexity index is 2020. The smallest absolute Gasteiger partial charge is 0.316 e. The number of ether oxygens (including phenoxy) is 1. The van der Waals surface area contributed by atoms with Crippen molar-refractivity contribution in [3.05, 3.63) is 154 Å². The molecule has 0 unspecified atom stereocenters. The molecule has 2 aliphatic rings. The van der Waals surface area contributed by atoms with Gasteiger partial charge < -0.3 is 14.1 Å². The van der Waals surface area contributed by atoms with E-state index < -0.39 is 21.4 Å². The van der Waals surface area contributed by atoms with Gasteiger partial charge in [0.1, 0.15) is 30.7 Å². The Labute approximate surface area is 298 Å². The van der Waals surface area contributed by atoms with Crippen molar-refractivity contribution in [2.45, 2.75) is 37.8 Å². The molecule has 0 aliphatic carbocycles. The zero-order valence-electron chi connectivity index (χ0n) is 28.6. The maximum absolute atomic E-state index is 14.2. The number of halogens is 1. The highest BCUT2D eigenvalue weighted by atomic mass is 32.2. The number of aromatic nitrogens is 2. The monoisotopic (exact) mass is 708 g/mol. The lowest BCUT2D eigenvalue weighted by atomic mass is 10.0. The van der Waals surface area contributed by atoms with Crippen LogP contribution in [0.4, 0.5) is 10.1 Å². The Hall–Kier alpha value is -4.84. The molecule has 7 rings (SSSR count). The zero-order chi connectivity index (χ0) is 35.3. The number of benzene rings is 4. The van der Waals surface area contributed by atoms with Crippen LogP contribution in [0.5, 0.6) is 5.75 Å². The first-order valence-corrected chi connectivity index (χ1v) is 19.1. The average molecular weight is 709 g/mol. The molecule has 0 N–H and O–H groups in total. The van der Waals surface area contributed by atoms with E-state index in [2.05, 4.69) is 53.6 Å². The van der Waals surface area contributed by atoms with Crippen LogP contribution in [0.3, 0.4) is 0 Å². The van der Waals surface area contributed by atoms with Gasteiger partial charge in [0, 0.05) is 50.1 Å². The standard InChI is InChI=1S/C40H43FN5O4S/c41-35-16-18-36(19-17-35)45-40(47)39(38(28-42-45)43-22-24-44(25-23-43)51(48,49)31-34-14-8-3-9-15-34)50-37-20-26-46(27-21-37,29-32-10-4-1-5-11-32)30-33-12-6-2-7-13-33/h1-19,28,37H,20-27,29-31H2/q+1. The Morgan fingerprint density at radius 3 is 1.80 bits per heavy atom. The molecule has 2 saturated heterocycles. The van der Waals surface area contributed by atoms with Gasteiger partial charge in [-0.2, -0.15) is 14.1 Å². The van der Waals surface area contributed by atoms with Crippen LogP contribution in [0.2, 0.25) is 0 Å². The van der Waals surface area contributed by atoms with Gasteiger partial charge in [-0.05, 0) is 29.8 Å². The molecule has 0 spiro atoms. The van der Waals surface area contributed by atoms with Gasteiger partial charge in [-0.1, -0.05) is 91.0 Å². The van der Waals surface area contributed by atoms with Crippen LogP contribution in [-0.4, -0.2) is 72.4 Å². The minimum atomic E-state index is -3.52. The number of quaternary nitrogens is 1. The fourth-order valence-corrected chi connectivity index (χ4v) is 8.82. The molecule has 5 aromatic rings. The topological polar surface area (TPSA) is 84.7 Å². The second-order valence-electron chi connectivity index (χ2n) is 13.6. The molecule has 0 radical (unpaired) electrons. The summed E-state index contributed by atoms with van der Waals surface area (Å²) in [6.45, 7) is 4.86. The molecule has 2 aliphatic heterocycles. The van der Waals surface area contributed by atoms with Gasteiger partial charge >= 0.3 is 5.56 Å². The molecule has 0 saturated carbocycles. The largest absolute Gasteiger partial charge is 0.482 e. The Balaban J connectivity index is 1.12. The summed E-state index contributed by atoms with van der Waals surface area (Å²) >= 11 is 0. The van der Waals surface area contributed by atoms with Crippen molar-refractivity contribution in [3.8, 4) is 11.4 Å². The number of hydrogen-bond donors (Lipinski definition) is 0. The van der Waals surface area contributed by atoms with Crippen LogP contribution < -0.4 is 15.2 Å². The van der Waals surface area contributed by atoms with E-state index >= 15 is 0 Å². The molecule has 264 valence electrons. The maximum Gasteiger partial charge on any atom is 0.316 e. The number of rotatable bonds is 11. The van der Waals surface area contributed by atoms with E-state index in [1.165, 1.54) is 44.4 Å². The van der Waals surface area contributed by atoms with E-state index in [1.54, 1.807) is 6.20 Å². The first-order chi connectivity index (χ1) is 24.8. The molecular weight excluding hydrogens is 666 g/mol. The first-order valence-electron chi connectivity index (χ1n) is 17.5. The first kappa shape index (κ1) is 34.6. The molecule has 0 atom stereocenters. The average Bonchev–Trinajstić information content (AvgIpc) is 3.15. The predicted octanol–water partition coefficient (Wildman–Crippen LogP) is 5.78. The summed E-state index contributed by atoms with van der Waals surface area (Å²) < 4.78 is 50.7. The van der Waals surface area contributed by atoms with Gasteiger partial charge in [0.25, 0.3) is 0 Å². The van der Waals surface area contributed by atoms with Gasteiger partial charge in [0.2, 0.25) is 15.8 Å². The summed E-state index contributed by atoms with van der Waals surface area (Å²) in [4.78, 5) is 16.2. The molecule has 51 heavy (non-hydrogen) atoms. The van der Waals surface area contributed by atoms with Crippen LogP contribution in [0.15, 0.2) is 126 Å². The highest BCUT2D eigenvalue weighted by Crippen LogP contribution is 2.32. The van der Waals surface area contributed by atoms with Crippen molar-refractivity contribution >= 4 is 15.7 Å². The van der Waals surface area contributed by atoms with Gasteiger partial charge in [-0.3, -0.25) is 4.79 Å². The Kier molecular flexibility index (Phi) is 10.3. The van der Waals surface area contributed by atoms with Crippen molar-refractivity contribution in [3.63, 3.8) is 0 Å². The van der Waals surface area contributed by atoms with E-state index in [-0.39, 0.29) is 30.7 Å². The predicted molar refractivity (Wildman–Crippen MR) is 197 cm³/mol. The zero-order valence-corrected chi connectivity index (χ0v) is 29.4. The number of likely N-dealkylation sites (tertiary alicyclic amines) is 1. The number of anilines is 1. The van der Waals surface area contributed by atoms with Gasteiger partial charge in [0.15, 0.2) is 0 Å². The SMILES string of the molecule is O=c1c(OC2CC[N+](Cc3ccccc3)(Cc3ccccc3)CC2)c(N2CCN(S(=O)(=O)Cc3ccccc3)CC2)cnn1-c1ccc(F)cc1. The molecule has 1 aromatic heterocycles. The van der Waals surface area contributed by atoms with Crippen LogP contribution in [0, 0.1) is 5.82 Å². The minimum Gasteiger partial charge on any atom is -0.482 e. The summed E-state index contributed by atoms with van der Waals surface area (Å²) in [5.74, 6) is -0.283. The fraction of sp³-hybridized carbons (Fsp3) is 0.300. The van der Waals surface area contributed by atoms with E-state index in [9.17, 15) is 17.6 Å². The summed E-state index contributed by atoms with van der Waals surface area (Å²) in [5, 5.41) is 4.47. The van der Waals surface area contributed by atoms with Crippen LogP contribution in [0.1, 0.15) is 29.5 Å². The number of piperidine rings is 1.